The second-order valence-corrected chi connectivity index (χ2v) is 5.80. The second-order valence-electron chi connectivity index (χ2n) is 5.80. The van der Waals surface area contributed by atoms with Crippen molar-refractivity contribution >= 4 is 16.7 Å². The molecule has 0 radical (unpaired) electrons. The maximum absolute atomic E-state index is 12.7. The lowest BCUT2D eigenvalue weighted by Gasteiger charge is -2.37. The van der Waals surface area contributed by atoms with Crippen molar-refractivity contribution in [2.45, 2.75) is 13.0 Å². The second kappa shape index (κ2) is 5.37. The van der Waals surface area contributed by atoms with Gasteiger partial charge in [-0.15, -0.1) is 0 Å². The van der Waals surface area contributed by atoms with E-state index in [1.165, 1.54) is 0 Å². The van der Waals surface area contributed by atoms with Gasteiger partial charge in [0, 0.05) is 25.7 Å². The van der Waals surface area contributed by atoms with E-state index >= 15 is 0 Å². The zero-order chi connectivity index (χ0) is 15.0. The lowest BCUT2D eigenvalue weighted by atomic mass is 10.0. The summed E-state index contributed by atoms with van der Waals surface area (Å²) in [6, 6.07) is 11.5. The van der Waals surface area contributed by atoms with E-state index in [1.54, 1.807) is 12.1 Å². The monoisotopic (exact) mass is 284 g/mol. The fourth-order valence-electron chi connectivity index (χ4n) is 2.80. The molecule has 4 nitrogen and oxygen atoms in total. The molecule has 1 aliphatic heterocycles. The van der Waals surface area contributed by atoms with E-state index in [-0.39, 0.29) is 11.7 Å². The first-order valence-electron chi connectivity index (χ1n) is 7.27. The third-order valence-corrected chi connectivity index (χ3v) is 4.34. The predicted octanol–water partition coefficient (Wildman–Crippen LogP) is 2.32. The van der Waals surface area contributed by atoms with Gasteiger partial charge in [-0.25, -0.2) is 0 Å². The first-order valence-corrected chi connectivity index (χ1v) is 7.27. The molecule has 2 aromatic rings. The molecule has 110 valence electrons. The largest absolute Gasteiger partial charge is 0.507 e. The van der Waals surface area contributed by atoms with Gasteiger partial charge in [0.05, 0.1) is 5.56 Å². The lowest BCUT2D eigenvalue weighted by molar-refractivity contribution is 0.0570. The summed E-state index contributed by atoms with van der Waals surface area (Å²) in [7, 11) is 2.07. The van der Waals surface area contributed by atoms with Gasteiger partial charge in [0.2, 0.25) is 0 Å². The number of phenolic OH excluding ortho intramolecular Hbond substituents is 1. The average molecular weight is 284 g/mol. The van der Waals surface area contributed by atoms with Crippen LogP contribution in [0, 0.1) is 0 Å². The third-order valence-electron chi connectivity index (χ3n) is 4.34. The van der Waals surface area contributed by atoms with E-state index in [0.717, 1.165) is 17.3 Å². The molecule has 1 N–H and O–H groups in total. The minimum Gasteiger partial charge on any atom is -0.507 e. The highest BCUT2D eigenvalue weighted by Gasteiger charge is 2.26. The summed E-state index contributed by atoms with van der Waals surface area (Å²) in [5.41, 5.74) is 0.394. The maximum atomic E-state index is 12.7. The molecular weight excluding hydrogens is 264 g/mol. The molecule has 4 heteroatoms. The van der Waals surface area contributed by atoms with Gasteiger partial charge in [0.25, 0.3) is 5.91 Å². The smallest absolute Gasteiger partial charge is 0.257 e. The molecule has 0 saturated carbocycles. The number of phenols is 1. The van der Waals surface area contributed by atoms with Gasteiger partial charge in [0.15, 0.2) is 0 Å². The molecule has 3 rings (SSSR count). The fraction of sp³-hybridized carbons (Fsp3) is 0.353. The number of carbonyl (C=O) groups is 1. The average Bonchev–Trinajstić information content (AvgIpc) is 2.48. The van der Waals surface area contributed by atoms with E-state index in [4.69, 9.17) is 0 Å². The number of hydrogen-bond donors (Lipinski definition) is 1. The first kappa shape index (κ1) is 13.9. The van der Waals surface area contributed by atoms with Gasteiger partial charge in [0.1, 0.15) is 5.75 Å². The molecule has 1 heterocycles. The van der Waals surface area contributed by atoms with Crippen LogP contribution in [-0.4, -0.2) is 53.5 Å². The molecule has 0 spiro atoms. The molecule has 0 aromatic heterocycles. The van der Waals surface area contributed by atoms with Crippen molar-refractivity contribution in [2.75, 3.05) is 26.7 Å². The van der Waals surface area contributed by atoms with E-state index in [9.17, 15) is 9.90 Å². The van der Waals surface area contributed by atoms with Gasteiger partial charge in [-0.3, -0.25) is 4.79 Å². The number of nitrogens with zero attached hydrogens (tertiary/aromatic N) is 2. The van der Waals surface area contributed by atoms with Gasteiger partial charge >= 0.3 is 0 Å². The van der Waals surface area contributed by atoms with Crippen LogP contribution in [0.15, 0.2) is 36.4 Å². The van der Waals surface area contributed by atoms with Crippen molar-refractivity contribution in [1.29, 1.82) is 0 Å². The Morgan fingerprint density at radius 3 is 2.52 bits per heavy atom. The number of amides is 1. The van der Waals surface area contributed by atoms with Crippen LogP contribution in [0.2, 0.25) is 0 Å². The number of benzene rings is 2. The zero-order valence-corrected chi connectivity index (χ0v) is 12.4. The van der Waals surface area contributed by atoms with E-state index in [1.807, 2.05) is 29.2 Å². The van der Waals surface area contributed by atoms with E-state index in [0.29, 0.717) is 24.7 Å². The highest BCUT2D eigenvalue weighted by molar-refractivity contribution is 6.01. The van der Waals surface area contributed by atoms with Crippen molar-refractivity contribution in [3.8, 4) is 5.75 Å². The molecule has 1 atom stereocenters. The van der Waals surface area contributed by atoms with Crippen molar-refractivity contribution in [2.24, 2.45) is 0 Å². The van der Waals surface area contributed by atoms with Crippen molar-refractivity contribution < 1.29 is 9.90 Å². The lowest BCUT2D eigenvalue weighted by Crippen LogP contribution is -2.52. The predicted molar refractivity (Wildman–Crippen MR) is 83.6 cm³/mol. The van der Waals surface area contributed by atoms with Crippen LogP contribution >= 0.6 is 0 Å². The minimum atomic E-state index is -0.0850. The number of carbonyl (C=O) groups excluding carboxylic acids is 1. The summed E-state index contributed by atoms with van der Waals surface area (Å²) in [4.78, 5) is 16.7. The van der Waals surface area contributed by atoms with Crippen molar-refractivity contribution in [1.82, 2.24) is 9.80 Å². The summed E-state index contributed by atoms with van der Waals surface area (Å²) >= 11 is 0. The molecule has 1 unspecified atom stereocenters. The van der Waals surface area contributed by atoms with Crippen LogP contribution in [0.25, 0.3) is 10.8 Å². The molecule has 0 bridgehead atoms. The number of hydrogen-bond acceptors (Lipinski definition) is 3. The Morgan fingerprint density at radius 1 is 1.19 bits per heavy atom. The molecule has 1 amide bonds. The molecule has 21 heavy (non-hydrogen) atoms. The maximum Gasteiger partial charge on any atom is 0.257 e. The highest BCUT2D eigenvalue weighted by Crippen LogP contribution is 2.26. The molecule has 1 fully saturated rings. The molecule has 0 aliphatic carbocycles. The number of likely N-dealkylation sites (N-methyl/N-ethyl adjacent to an activating group) is 1. The van der Waals surface area contributed by atoms with Crippen LogP contribution < -0.4 is 0 Å². The minimum absolute atomic E-state index is 0.0604. The first-order chi connectivity index (χ1) is 10.1. The topological polar surface area (TPSA) is 43.8 Å². The van der Waals surface area contributed by atoms with Crippen molar-refractivity contribution in [3.05, 3.63) is 42.0 Å². The summed E-state index contributed by atoms with van der Waals surface area (Å²) in [5, 5.41) is 12.1. The number of rotatable bonds is 1. The Labute approximate surface area is 124 Å². The number of fused-ring (bicyclic) bond motifs is 1. The zero-order valence-electron chi connectivity index (χ0n) is 12.4. The van der Waals surface area contributed by atoms with Crippen LogP contribution in [0.1, 0.15) is 17.3 Å². The third kappa shape index (κ3) is 2.59. The summed E-state index contributed by atoms with van der Waals surface area (Å²) in [6.07, 6.45) is 0. The van der Waals surface area contributed by atoms with Crippen LogP contribution in [0.5, 0.6) is 5.75 Å². The molecular formula is C17H20N2O2. The van der Waals surface area contributed by atoms with Gasteiger partial charge in [-0.1, -0.05) is 24.3 Å². The van der Waals surface area contributed by atoms with E-state index in [2.05, 4.69) is 18.9 Å². The molecule has 1 saturated heterocycles. The van der Waals surface area contributed by atoms with Gasteiger partial charge in [-0.05, 0) is 36.9 Å². The number of piperazine rings is 1. The van der Waals surface area contributed by atoms with Crippen LogP contribution in [-0.2, 0) is 0 Å². The van der Waals surface area contributed by atoms with Gasteiger partial charge in [-0.2, -0.15) is 0 Å². The molecule has 1 aliphatic rings. The van der Waals surface area contributed by atoms with Crippen molar-refractivity contribution in [3.63, 3.8) is 0 Å². The van der Waals surface area contributed by atoms with E-state index < -0.39 is 0 Å². The van der Waals surface area contributed by atoms with Gasteiger partial charge < -0.3 is 14.9 Å². The molecule has 2 aromatic carbocycles. The summed E-state index contributed by atoms with van der Waals surface area (Å²) < 4.78 is 0. The Balaban J connectivity index is 1.92. The normalized spacial score (nSPS) is 19.9. The highest BCUT2D eigenvalue weighted by atomic mass is 16.3. The Kier molecular flexibility index (Phi) is 3.55. The Morgan fingerprint density at radius 2 is 1.86 bits per heavy atom. The fourth-order valence-corrected chi connectivity index (χ4v) is 2.80. The quantitative estimate of drug-likeness (QED) is 0.874. The standard InChI is InChI=1S/C17H20N2O2/c1-12-11-19(8-7-18(12)2)17(21)15-9-13-5-3-4-6-14(13)10-16(15)20/h3-6,9-10,12,20H,7-8,11H2,1-2H3. The SMILES string of the molecule is CC1CN(C(=O)c2cc3ccccc3cc2O)CCN1C. The Hall–Kier alpha value is -2.07. The summed E-state index contributed by atoms with van der Waals surface area (Å²) in [5.74, 6) is -0.0246. The Bertz CT molecular complexity index is 684. The van der Waals surface area contributed by atoms with Crippen LogP contribution in [0.4, 0.5) is 0 Å². The van der Waals surface area contributed by atoms with Crippen LogP contribution in [0.3, 0.4) is 0 Å². The summed E-state index contributed by atoms with van der Waals surface area (Å²) in [6.45, 7) is 4.37. The number of aromatic hydroxyl groups is 1.